The first kappa shape index (κ1) is 16.4. The number of nitrogens with zero attached hydrogens (tertiary/aromatic N) is 1. The van der Waals surface area contributed by atoms with Gasteiger partial charge in [0.2, 0.25) is 10.0 Å². The maximum atomic E-state index is 12.4. The van der Waals surface area contributed by atoms with Crippen LogP contribution < -0.4 is 5.32 Å². The van der Waals surface area contributed by atoms with Crippen LogP contribution in [0.3, 0.4) is 0 Å². The molecule has 2 heterocycles. The molecule has 1 aromatic rings. The van der Waals surface area contributed by atoms with Crippen molar-refractivity contribution in [2.75, 3.05) is 26.2 Å². The van der Waals surface area contributed by atoms with Gasteiger partial charge in [-0.3, -0.25) is 4.79 Å². The van der Waals surface area contributed by atoms with Gasteiger partial charge in [0.1, 0.15) is 0 Å². The van der Waals surface area contributed by atoms with E-state index in [4.69, 9.17) is 4.74 Å². The number of hydrogen-bond acceptors (Lipinski definition) is 4. The number of nitrogens with one attached hydrogen (secondary N) is 1. The molecule has 0 saturated carbocycles. The number of rotatable bonds is 5. The summed E-state index contributed by atoms with van der Waals surface area (Å²) < 4.78 is 31.8. The Hall–Kier alpha value is -1.44. The highest BCUT2D eigenvalue weighted by Gasteiger charge is 2.27. The largest absolute Gasteiger partial charge is 0.376 e. The van der Waals surface area contributed by atoms with Crippen LogP contribution in [0.1, 0.15) is 36.0 Å². The average Bonchev–Trinajstić information content (AvgIpc) is 3.26. The van der Waals surface area contributed by atoms with E-state index < -0.39 is 10.0 Å². The summed E-state index contributed by atoms with van der Waals surface area (Å²) >= 11 is 0. The fourth-order valence-corrected chi connectivity index (χ4v) is 4.49. The second-order valence-electron chi connectivity index (χ2n) is 5.98. The van der Waals surface area contributed by atoms with E-state index in [2.05, 4.69) is 5.32 Å². The number of carbonyl (C=O) groups is 1. The Bertz CT molecular complexity index is 645. The van der Waals surface area contributed by atoms with Crippen LogP contribution in [-0.4, -0.2) is 51.0 Å². The van der Waals surface area contributed by atoms with Gasteiger partial charge in [-0.05, 0) is 49.9 Å². The molecular weight excluding hydrogens is 316 g/mol. The fraction of sp³-hybridized carbons (Fsp3) is 0.562. The van der Waals surface area contributed by atoms with Crippen LogP contribution in [0.4, 0.5) is 0 Å². The smallest absolute Gasteiger partial charge is 0.251 e. The molecule has 6 nitrogen and oxygen atoms in total. The minimum absolute atomic E-state index is 0.0915. The summed E-state index contributed by atoms with van der Waals surface area (Å²) in [6.45, 7) is 2.40. The van der Waals surface area contributed by atoms with Crippen molar-refractivity contribution in [1.82, 2.24) is 9.62 Å². The Morgan fingerprint density at radius 1 is 1.17 bits per heavy atom. The normalized spacial score (nSPS) is 22.3. The predicted octanol–water partition coefficient (Wildman–Crippen LogP) is 1.38. The van der Waals surface area contributed by atoms with E-state index in [1.165, 1.54) is 16.4 Å². The molecule has 0 radical (unpaired) electrons. The highest BCUT2D eigenvalue weighted by molar-refractivity contribution is 7.89. The molecule has 3 rings (SSSR count). The van der Waals surface area contributed by atoms with E-state index in [1.807, 2.05) is 0 Å². The molecule has 7 heteroatoms. The van der Waals surface area contributed by atoms with Gasteiger partial charge in [0.15, 0.2) is 0 Å². The van der Waals surface area contributed by atoms with Crippen LogP contribution in [0.25, 0.3) is 0 Å². The van der Waals surface area contributed by atoms with Crippen molar-refractivity contribution in [1.29, 1.82) is 0 Å². The first-order valence-corrected chi connectivity index (χ1v) is 9.51. The number of ether oxygens (including phenoxy) is 1. The van der Waals surface area contributed by atoms with E-state index in [9.17, 15) is 13.2 Å². The molecule has 0 spiro atoms. The number of carbonyl (C=O) groups excluding carboxylic acids is 1. The van der Waals surface area contributed by atoms with E-state index in [0.29, 0.717) is 25.2 Å². The van der Waals surface area contributed by atoms with Crippen LogP contribution in [0.2, 0.25) is 0 Å². The maximum Gasteiger partial charge on any atom is 0.251 e. The molecule has 1 atom stereocenters. The standard InChI is InChI=1S/C16H22N2O4S/c19-16(17-12-14-4-3-11-22-14)13-5-7-15(8-6-13)23(20,21)18-9-1-2-10-18/h5-8,14H,1-4,9-12H2,(H,17,19)/t14-/m1/s1. The summed E-state index contributed by atoms with van der Waals surface area (Å²) in [5.74, 6) is -0.203. The molecule has 1 aromatic carbocycles. The summed E-state index contributed by atoms with van der Waals surface area (Å²) in [6, 6.07) is 6.14. The third-order valence-corrected chi connectivity index (χ3v) is 6.25. The SMILES string of the molecule is O=C(NC[C@H]1CCCO1)c1ccc(S(=O)(=O)N2CCCC2)cc1. The molecule has 0 bridgehead atoms. The molecule has 2 saturated heterocycles. The Morgan fingerprint density at radius 3 is 2.48 bits per heavy atom. The van der Waals surface area contributed by atoms with Crippen molar-refractivity contribution < 1.29 is 17.9 Å². The van der Waals surface area contributed by atoms with Crippen molar-refractivity contribution in [2.45, 2.75) is 36.7 Å². The monoisotopic (exact) mass is 338 g/mol. The van der Waals surface area contributed by atoms with Gasteiger partial charge in [-0.15, -0.1) is 0 Å². The van der Waals surface area contributed by atoms with Crippen LogP contribution in [0.15, 0.2) is 29.2 Å². The lowest BCUT2D eigenvalue weighted by Gasteiger charge is -2.15. The van der Waals surface area contributed by atoms with Gasteiger partial charge in [0.25, 0.3) is 5.91 Å². The Labute approximate surface area is 136 Å². The van der Waals surface area contributed by atoms with E-state index in [0.717, 1.165) is 32.3 Å². The summed E-state index contributed by atoms with van der Waals surface area (Å²) in [5, 5.41) is 2.83. The fourth-order valence-electron chi connectivity index (χ4n) is 2.97. The number of hydrogen-bond donors (Lipinski definition) is 1. The summed E-state index contributed by atoms with van der Waals surface area (Å²) in [4.78, 5) is 12.3. The lowest BCUT2D eigenvalue weighted by Crippen LogP contribution is -2.32. The highest BCUT2D eigenvalue weighted by Crippen LogP contribution is 2.21. The molecular formula is C16H22N2O4S. The third-order valence-electron chi connectivity index (χ3n) is 4.33. The molecule has 1 amide bonds. The Morgan fingerprint density at radius 2 is 1.87 bits per heavy atom. The molecule has 23 heavy (non-hydrogen) atoms. The van der Waals surface area contributed by atoms with Gasteiger partial charge in [0.05, 0.1) is 11.0 Å². The zero-order chi connectivity index (χ0) is 16.3. The van der Waals surface area contributed by atoms with E-state index in [-0.39, 0.29) is 16.9 Å². The molecule has 0 aliphatic carbocycles. The van der Waals surface area contributed by atoms with Crippen LogP contribution in [0, 0.1) is 0 Å². The van der Waals surface area contributed by atoms with Crippen molar-refractivity contribution in [3.8, 4) is 0 Å². The van der Waals surface area contributed by atoms with Gasteiger partial charge < -0.3 is 10.1 Å². The summed E-state index contributed by atoms with van der Waals surface area (Å²) in [6.07, 6.45) is 3.90. The van der Waals surface area contributed by atoms with Gasteiger partial charge in [0, 0.05) is 31.8 Å². The quantitative estimate of drug-likeness (QED) is 0.880. The Balaban J connectivity index is 1.63. The van der Waals surface area contributed by atoms with E-state index >= 15 is 0 Å². The lowest BCUT2D eigenvalue weighted by atomic mass is 10.2. The molecule has 0 aromatic heterocycles. The zero-order valence-corrected chi connectivity index (χ0v) is 13.8. The maximum absolute atomic E-state index is 12.4. The highest BCUT2D eigenvalue weighted by atomic mass is 32.2. The topological polar surface area (TPSA) is 75.7 Å². The molecule has 1 N–H and O–H groups in total. The molecule has 2 aliphatic heterocycles. The van der Waals surface area contributed by atoms with Crippen LogP contribution >= 0.6 is 0 Å². The predicted molar refractivity (Wildman–Crippen MR) is 85.7 cm³/mol. The summed E-state index contributed by atoms with van der Waals surface area (Å²) in [7, 11) is -3.42. The number of benzene rings is 1. The second kappa shape index (κ2) is 6.98. The van der Waals surface area contributed by atoms with Crippen molar-refractivity contribution in [3.63, 3.8) is 0 Å². The number of sulfonamides is 1. The first-order valence-electron chi connectivity index (χ1n) is 8.07. The molecule has 2 fully saturated rings. The lowest BCUT2D eigenvalue weighted by molar-refractivity contribution is 0.0857. The second-order valence-corrected chi connectivity index (χ2v) is 7.92. The zero-order valence-electron chi connectivity index (χ0n) is 13.0. The molecule has 126 valence electrons. The minimum Gasteiger partial charge on any atom is -0.376 e. The third kappa shape index (κ3) is 3.73. The molecule has 2 aliphatic rings. The van der Waals surface area contributed by atoms with Crippen molar-refractivity contribution in [2.24, 2.45) is 0 Å². The number of amides is 1. The average molecular weight is 338 g/mol. The van der Waals surface area contributed by atoms with Crippen molar-refractivity contribution >= 4 is 15.9 Å². The van der Waals surface area contributed by atoms with Gasteiger partial charge in [-0.1, -0.05) is 0 Å². The Kier molecular flexibility index (Phi) is 4.99. The van der Waals surface area contributed by atoms with Crippen LogP contribution in [-0.2, 0) is 14.8 Å². The minimum atomic E-state index is -3.42. The van der Waals surface area contributed by atoms with Gasteiger partial charge in [-0.2, -0.15) is 4.31 Å². The van der Waals surface area contributed by atoms with Gasteiger partial charge in [-0.25, -0.2) is 8.42 Å². The first-order chi connectivity index (χ1) is 11.1. The van der Waals surface area contributed by atoms with Gasteiger partial charge >= 0.3 is 0 Å². The van der Waals surface area contributed by atoms with E-state index in [1.54, 1.807) is 12.1 Å². The summed E-state index contributed by atoms with van der Waals surface area (Å²) in [5.41, 5.74) is 0.461. The van der Waals surface area contributed by atoms with Crippen molar-refractivity contribution in [3.05, 3.63) is 29.8 Å². The molecule has 0 unspecified atom stereocenters. The van der Waals surface area contributed by atoms with Crippen LogP contribution in [0.5, 0.6) is 0 Å².